The molecular formula is C8H18N2O. The third-order valence-electron chi connectivity index (χ3n) is 1.52. The number of amides is 1. The van der Waals surface area contributed by atoms with E-state index < -0.39 is 0 Å². The van der Waals surface area contributed by atoms with Gasteiger partial charge in [-0.05, 0) is 19.5 Å². The second-order valence-electron chi connectivity index (χ2n) is 2.82. The van der Waals surface area contributed by atoms with Crippen molar-refractivity contribution in [3.8, 4) is 0 Å². The Hall–Kier alpha value is -0.570. The van der Waals surface area contributed by atoms with Crippen LogP contribution in [-0.2, 0) is 4.79 Å². The summed E-state index contributed by atoms with van der Waals surface area (Å²) in [5.41, 5.74) is 0. The minimum atomic E-state index is 0.132. The average Bonchev–Trinajstić information content (AvgIpc) is 2.01. The molecule has 0 rings (SSSR count). The maximum atomic E-state index is 10.8. The van der Waals surface area contributed by atoms with Crippen LogP contribution in [-0.4, -0.2) is 26.0 Å². The van der Waals surface area contributed by atoms with Crippen molar-refractivity contribution in [3.63, 3.8) is 0 Å². The van der Waals surface area contributed by atoms with Crippen LogP contribution in [0, 0.1) is 5.92 Å². The van der Waals surface area contributed by atoms with Gasteiger partial charge in [-0.15, -0.1) is 0 Å². The van der Waals surface area contributed by atoms with Gasteiger partial charge in [-0.25, -0.2) is 0 Å². The molecule has 1 amide bonds. The predicted molar refractivity (Wildman–Crippen MR) is 46.4 cm³/mol. The molecule has 1 atom stereocenters. The van der Waals surface area contributed by atoms with E-state index in [0.29, 0.717) is 12.3 Å². The molecule has 2 N–H and O–H groups in total. The standard InChI is InChI=1S/C8H18N2O/c1-4-8(11)10-6-7(2)5-9-3/h7,9H,4-6H2,1-3H3,(H,10,11). The third-order valence-corrected chi connectivity index (χ3v) is 1.52. The van der Waals surface area contributed by atoms with Crippen molar-refractivity contribution in [1.82, 2.24) is 10.6 Å². The molecule has 0 aliphatic rings. The summed E-state index contributed by atoms with van der Waals surface area (Å²) < 4.78 is 0. The summed E-state index contributed by atoms with van der Waals surface area (Å²) in [6.45, 7) is 5.68. The predicted octanol–water partition coefficient (Wildman–Crippen LogP) is 0.368. The van der Waals surface area contributed by atoms with E-state index in [0.717, 1.165) is 13.1 Å². The van der Waals surface area contributed by atoms with E-state index in [1.165, 1.54) is 0 Å². The molecular weight excluding hydrogens is 140 g/mol. The molecule has 0 aromatic carbocycles. The second-order valence-corrected chi connectivity index (χ2v) is 2.82. The van der Waals surface area contributed by atoms with Crippen molar-refractivity contribution in [3.05, 3.63) is 0 Å². The number of carbonyl (C=O) groups is 1. The average molecular weight is 158 g/mol. The number of rotatable bonds is 5. The van der Waals surface area contributed by atoms with E-state index in [2.05, 4.69) is 17.6 Å². The highest BCUT2D eigenvalue weighted by Crippen LogP contribution is 1.88. The van der Waals surface area contributed by atoms with E-state index in [1.807, 2.05) is 14.0 Å². The Labute approximate surface area is 68.6 Å². The SMILES string of the molecule is CCC(=O)NCC(C)CNC. The van der Waals surface area contributed by atoms with Crippen molar-refractivity contribution in [2.75, 3.05) is 20.1 Å². The first-order valence-corrected chi connectivity index (χ1v) is 4.12. The van der Waals surface area contributed by atoms with Gasteiger partial charge in [-0.3, -0.25) is 4.79 Å². The van der Waals surface area contributed by atoms with E-state index in [9.17, 15) is 4.79 Å². The molecule has 0 aromatic heterocycles. The molecule has 0 aliphatic heterocycles. The summed E-state index contributed by atoms with van der Waals surface area (Å²) in [4.78, 5) is 10.8. The molecule has 0 bridgehead atoms. The van der Waals surface area contributed by atoms with Gasteiger partial charge in [0.1, 0.15) is 0 Å². The lowest BCUT2D eigenvalue weighted by atomic mass is 10.2. The number of carbonyl (C=O) groups excluding carboxylic acids is 1. The second kappa shape index (κ2) is 6.16. The van der Waals surface area contributed by atoms with Crippen LogP contribution in [0.3, 0.4) is 0 Å². The van der Waals surface area contributed by atoms with Gasteiger partial charge >= 0.3 is 0 Å². The lowest BCUT2D eigenvalue weighted by Crippen LogP contribution is -2.31. The zero-order chi connectivity index (χ0) is 8.69. The van der Waals surface area contributed by atoms with Gasteiger partial charge in [0.05, 0.1) is 0 Å². The van der Waals surface area contributed by atoms with Crippen LogP contribution in [0.4, 0.5) is 0 Å². The zero-order valence-electron chi connectivity index (χ0n) is 7.61. The molecule has 0 radical (unpaired) electrons. The van der Waals surface area contributed by atoms with Crippen LogP contribution in [0.1, 0.15) is 20.3 Å². The largest absolute Gasteiger partial charge is 0.356 e. The van der Waals surface area contributed by atoms with Crippen LogP contribution >= 0.6 is 0 Å². The first-order chi connectivity index (χ1) is 5.20. The van der Waals surface area contributed by atoms with Crippen molar-refractivity contribution in [2.24, 2.45) is 5.92 Å². The van der Waals surface area contributed by atoms with E-state index in [-0.39, 0.29) is 5.91 Å². The highest BCUT2D eigenvalue weighted by Gasteiger charge is 2.01. The molecule has 66 valence electrons. The van der Waals surface area contributed by atoms with E-state index >= 15 is 0 Å². The molecule has 3 nitrogen and oxygen atoms in total. The summed E-state index contributed by atoms with van der Waals surface area (Å²) >= 11 is 0. The monoisotopic (exact) mass is 158 g/mol. The Morgan fingerprint density at radius 3 is 2.55 bits per heavy atom. The zero-order valence-corrected chi connectivity index (χ0v) is 7.61. The fraction of sp³-hybridized carbons (Fsp3) is 0.875. The van der Waals surface area contributed by atoms with Gasteiger partial charge in [-0.1, -0.05) is 13.8 Å². The van der Waals surface area contributed by atoms with Crippen LogP contribution in [0.25, 0.3) is 0 Å². The maximum absolute atomic E-state index is 10.8. The fourth-order valence-corrected chi connectivity index (χ4v) is 0.834. The summed E-state index contributed by atoms with van der Waals surface area (Å²) in [6, 6.07) is 0. The minimum Gasteiger partial charge on any atom is -0.356 e. The van der Waals surface area contributed by atoms with Crippen LogP contribution in [0.5, 0.6) is 0 Å². The fourth-order valence-electron chi connectivity index (χ4n) is 0.834. The Bertz CT molecular complexity index is 115. The molecule has 0 saturated heterocycles. The molecule has 0 spiro atoms. The summed E-state index contributed by atoms with van der Waals surface area (Å²) in [6.07, 6.45) is 0.576. The number of hydrogen-bond donors (Lipinski definition) is 2. The Morgan fingerprint density at radius 1 is 1.45 bits per heavy atom. The third kappa shape index (κ3) is 5.85. The van der Waals surface area contributed by atoms with Crippen molar-refractivity contribution in [2.45, 2.75) is 20.3 Å². The van der Waals surface area contributed by atoms with Gasteiger partial charge < -0.3 is 10.6 Å². The topological polar surface area (TPSA) is 41.1 Å². The van der Waals surface area contributed by atoms with Crippen molar-refractivity contribution >= 4 is 5.91 Å². The molecule has 11 heavy (non-hydrogen) atoms. The summed E-state index contributed by atoms with van der Waals surface area (Å²) in [5.74, 6) is 0.642. The normalized spacial score (nSPS) is 12.6. The van der Waals surface area contributed by atoms with Crippen molar-refractivity contribution < 1.29 is 4.79 Å². The van der Waals surface area contributed by atoms with Gasteiger partial charge in [-0.2, -0.15) is 0 Å². The summed E-state index contributed by atoms with van der Waals surface area (Å²) in [7, 11) is 1.91. The highest BCUT2D eigenvalue weighted by molar-refractivity contribution is 5.75. The Morgan fingerprint density at radius 2 is 2.09 bits per heavy atom. The first-order valence-electron chi connectivity index (χ1n) is 4.12. The lowest BCUT2D eigenvalue weighted by molar-refractivity contribution is -0.120. The van der Waals surface area contributed by atoms with Crippen molar-refractivity contribution in [1.29, 1.82) is 0 Å². The van der Waals surface area contributed by atoms with Gasteiger partial charge in [0.25, 0.3) is 0 Å². The molecule has 0 aromatic rings. The molecule has 0 aliphatic carbocycles. The molecule has 0 heterocycles. The lowest BCUT2D eigenvalue weighted by Gasteiger charge is -2.10. The van der Waals surface area contributed by atoms with E-state index in [1.54, 1.807) is 0 Å². The first kappa shape index (κ1) is 10.4. The quantitative estimate of drug-likeness (QED) is 0.607. The number of hydrogen-bond acceptors (Lipinski definition) is 2. The van der Waals surface area contributed by atoms with Crippen LogP contribution in [0.15, 0.2) is 0 Å². The van der Waals surface area contributed by atoms with Gasteiger partial charge in [0, 0.05) is 13.0 Å². The summed E-state index contributed by atoms with van der Waals surface area (Å²) in [5, 5.41) is 5.90. The smallest absolute Gasteiger partial charge is 0.219 e. The minimum absolute atomic E-state index is 0.132. The molecule has 0 saturated carbocycles. The Balaban J connectivity index is 3.29. The van der Waals surface area contributed by atoms with Gasteiger partial charge in [0.15, 0.2) is 0 Å². The van der Waals surface area contributed by atoms with E-state index in [4.69, 9.17) is 0 Å². The molecule has 1 unspecified atom stereocenters. The molecule has 0 fully saturated rings. The Kier molecular flexibility index (Phi) is 5.84. The van der Waals surface area contributed by atoms with Gasteiger partial charge in [0.2, 0.25) is 5.91 Å². The van der Waals surface area contributed by atoms with Crippen LogP contribution < -0.4 is 10.6 Å². The highest BCUT2D eigenvalue weighted by atomic mass is 16.1. The van der Waals surface area contributed by atoms with Crippen LogP contribution in [0.2, 0.25) is 0 Å². The number of nitrogens with one attached hydrogen (secondary N) is 2. The maximum Gasteiger partial charge on any atom is 0.219 e. The molecule has 3 heteroatoms.